The van der Waals surface area contributed by atoms with Crippen LogP contribution in [0.15, 0.2) is 53.9 Å². The Balaban J connectivity index is 1.41. The Morgan fingerprint density at radius 1 is 1.03 bits per heavy atom. The first-order valence-electron chi connectivity index (χ1n) is 11.5. The second-order valence-electron chi connectivity index (χ2n) is 8.69. The highest BCUT2D eigenvalue weighted by Crippen LogP contribution is 2.34. The van der Waals surface area contributed by atoms with Gasteiger partial charge in [0.2, 0.25) is 10.0 Å². The molecule has 0 spiro atoms. The number of aromatic nitrogens is 1. The monoisotopic (exact) mass is 593 g/mol. The number of hydrogen-bond acceptors (Lipinski definition) is 6. The number of halogens is 6. The van der Waals surface area contributed by atoms with Crippen molar-refractivity contribution in [2.75, 3.05) is 24.2 Å². The molecule has 4 rings (SSSR count). The Kier molecular flexibility index (Phi) is 8.23. The predicted octanol–water partition coefficient (Wildman–Crippen LogP) is 6.03. The van der Waals surface area contributed by atoms with Crippen LogP contribution in [-0.2, 0) is 10.0 Å². The van der Waals surface area contributed by atoms with Crippen LogP contribution < -0.4 is 10.1 Å². The standard InChI is InChI=1S/C24H21F6N3O4S2/c25-23(26,27)14-39(35,36)33-11-9-16(10-12-33)22-32-20(13-38-22)21(34)31-19-4-2-1-3-18(19)15-5-7-17(8-6-15)37-24(28,29)30/h1-8,13,16H,9-12,14H2,(H,31,34). The largest absolute Gasteiger partial charge is 0.573 e. The third-order valence-electron chi connectivity index (χ3n) is 5.87. The van der Waals surface area contributed by atoms with Gasteiger partial charge in [-0.3, -0.25) is 4.79 Å². The lowest BCUT2D eigenvalue weighted by Gasteiger charge is -2.30. The summed E-state index contributed by atoms with van der Waals surface area (Å²) < 4.78 is 104. The van der Waals surface area contributed by atoms with Gasteiger partial charge < -0.3 is 10.1 Å². The van der Waals surface area contributed by atoms with Gasteiger partial charge in [-0.25, -0.2) is 17.7 Å². The Hall–Kier alpha value is -3.17. The van der Waals surface area contributed by atoms with E-state index < -0.39 is 34.2 Å². The molecule has 1 aromatic heterocycles. The number of rotatable bonds is 7. The molecule has 1 aliphatic rings. The maximum atomic E-state index is 12.9. The lowest BCUT2D eigenvalue weighted by Crippen LogP contribution is -2.42. The van der Waals surface area contributed by atoms with Gasteiger partial charge in [0.25, 0.3) is 5.91 Å². The number of amides is 1. The smallest absolute Gasteiger partial charge is 0.406 e. The van der Waals surface area contributed by atoms with Crippen molar-refractivity contribution >= 4 is 33.0 Å². The molecular weight excluding hydrogens is 572 g/mol. The van der Waals surface area contributed by atoms with Crippen LogP contribution in [0.25, 0.3) is 11.1 Å². The van der Waals surface area contributed by atoms with Crippen molar-refractivity contribution in [1.29, 1.82) is 0 Å². The topological polar surface area (TPSA) is 88.6 Å². The molecule has 3 aromatic rings. The summed E-state index contributed by atoms with van der Waals surface area (Å²) in [6.07, 6.45) is -9.11. The highest BCUT2D eigenvalue weighted by molar-refractivity contribution is 7.89. The molecule has 7 nitrogen and oxygen atoms in total. The number of sulfonamides is 1. The predicted molar refractivity (Wildman–Crippen MR) is 132 cm³/mol. The van der Waals surface area contributed by atoms with Crippen molar-refractivity contribution in [2.45, 2.75) is 31.3 Å². The molecule has 15 heteroatoms. The first kappa shape index (κ1) is 28.8. The van der Waals surface area contributed by atoms with Gasteiger partial charge in [-0.1, -0.05) is 30.3 Å². The highest BCUT2D eigenvalue weighted by atomic mass is 32.2. The van der Waals surface area contributed by atoms with E-state index in [4.69, 9.17) is 0 Å². The van der Waals surface area contributed by atoms with Crippen LogP contribution in [0.3, 0.4) is 0 Å². The highest BCUT2D eigenvalue weighted by Gasteiger charge is 2.40. The van der Waals surface area contributed by atoms with Crippen LogP contribution in [0.5, 0.6) is 5.75 Å². The summed E-state index contributed by atoms with van der Waals surface area (Å²) in [5.41, 5.74) is 1.58. The number of benzene rings is 2. The first-order valence-corrected chi connectivity index (χ1v) is 14.0. The maximum absolute atomic E-state index is 12.9. The van der Waals surface area contributed by atoms with Crippen LogP contribution in [0.1, 0.15) is 34.3 Å². The second-order valence-corrected chi connectivity index (χ2v) is 11.5. The van der Waals surface area contributed by atoms with Crippen molar-refractivity contribution in [2.24, 2.45) is 0 Å². The van der Waals surface area contributed by atoms with Crippen LogP contribution in [0.4, 0.5) is 32.0 Å². The summed E-state index contributed by atoms with van der Waals surface area (Å²) >= 11 is 1.19. The number of ether oxygens (including phenoxy) is 1. The molecule has 1 aliphatic heterocycles. The van der Waals surface area contributed by atoms with E-state index in [-0.39, 0.29) is 43.3 Å². The van der Waals surface area contributed by atoms with E-state index in [0.29, 0.717) is 21.8 Å². The molecular formula is C24H21F6N3O4S2. The zero-order valence-electron chi connectivity index (χ0n) is 19.9. The third-order valence-corrected chi connectivity index (χ3v) is 8.72. The molecule has 0 saturated carbocycles. The number of nitrogens with zero attached hydrogens (tertiary/aromatic N) is 2. The van der Waals surface area contributed by atoms with Gasteiger partial charge in [0, 0.05) is 35.6 Å². The number of hydrogen-bond donors (Lipinski definition) is 1. The van der Waals surface area contributed by atoms with E-state index in [1.54, 1.807) is 24.3 Å². The molecule has 0 atom stereocenters. The average molecular weight is 594 g/mol. The Morgan fingerprint density at radius 3 is 2.28 bits per heavy atom. The van der Waals surface area contributed by atoms with Gasteiger partial charge >= 0.3 is 12.5 Å². The molecule has 39 heavy (non-hydrogen) atoms. The number of nitrogens with one attached hydrogen (secondary N) is 1. The van der Waals surface area contributed by atoms with E-state index >= 15 is 0 Å². The van der Waals surface area contributed by atoms with E-state index in [9.17, 15) is 39.6 Å². The van der Waals surface area contributed by atoms with Crippen LogP contribution in [0.2, 0.25) is 0 Å². The molecule has 1 amide bonds. The fourth-order valence-electron chi connectivity index (χ4n) is 4.12. The minimum atomic E-state index is -4.82. The molecule has 0 radical (unpaired) electrons. The van der Waals surface area contributed by atoms with Gasteiger partial charge in [0.15, 0.2) is 5.75 Å². The SMILES string of the molecule is O=C(Nc1ccccc1-c1ccc(OC(F)(F)F)cc1)c1csc(C2CCN(S(=O)(=O)CC(F)(F)F)CC2)n1. The van der Waals surface area contributed by atoms with E-state index in [1.165, 1.54) is 28.8 Å². The summed E-state index contributed by atoms with van der Waals surface area (Å²) in [5, 5.41) is 4.84. The number of anilines is 1. The lowest BCUT2D eigenvalue weighted by molar-refractivity contribution is -0.274. The number of para-hydroxylation sites is 1. The van der Waals surface area contributed by atoms with Gasteiger partial charge in [-0.2, -0.15) is 13.2 Å². The second kappa shape index (κ2) is 11.1. The Morgan fingerprint density at radius 2 is 1.67 bits per heavy atom. The van der Waals surface area contributed by atoms with Crippen LogP contribution in [0, 0.1) is 0 Å². The normalized spacial score (nSPS) is 15.7. The van der Waals surface area contributed by atoms with Crippen molar-refractivity contribution in [1.82, 2.24) is 9.29 Å². The van der Waals surface area contributed by atoms with Crippen molar-refractivity contribution in [3.05, 3.63) is 64.6 Å². The number of piperidine rings is 1. The van der Waals surface area contributed by atoms with E-state index in [0.717, 1.165) is 16.4 Å². The van der Waals surface area contributed by atoms with Gasteiger partial charge in [-0.05, 0) is 36.6 Å². The Bertz CT molecular complexity index is 1410. The molecule has 210 valence electrons. The minimum Gasteiger partial charge on any atom is -0.406 e. The van der Waals surface area contributed by atoms with Crippen molar-refractivity contribution < 1.29 is 44.3 Å². The molecule has 1 N–H and O–H groups in total. The van der Waals surface area contributed by atoms with Crippen LogP contribution in [-0.4, -0.2) is 55.0 Å². The molecule has 2 aromatic carbocycles. The molecule has 0 bridgehead atoms. The fraction of sp³-hybridized carbons (Fsp3) is 0.333. The zero-order chi connectivity index (χ0) is 28.4. The van der Waals surface area contributed by atoms with Gasteiger partial charge in [0.05, 0.1) is 5.01 Å². The quantitative estimate of drug-likeness (QED) is 0.338. The number of carbonyl (C=O) groups is 1. The molecule has 2 heterocycles. The summed E-state index contributed by atoms with van der Waals surface area (Å²) in [4.78, 5) is 17.3. The number of thiazole rings is 1. The molecule has 1 fully saturated rings. The average Bonchev–Trinajstić information content (AvgIpc) is 3.33. The third kappa shape index (κ3) is 7.70. The summed E-state index contributed by atoms with van der Waals surface area (Å²) in [5.74, 6) is -3.03. The van der Waals surface area contributed by atoms with Gasteiger partial charge in [-0.15, -0.1) is 24.5 Å². The van der Waals surface area contributed by atoms with Crippen molar-refractivity contribution in [3.8, 4) is 16.9 Å². The number of carbonyl (C=O) groups excluding carboxylic acids is 1. The minimum absolute atomic E-state index is 0.0790. The molecule has 1 saturated heterocycles. The van der Waals surface area contributed by atoms with E-state index in [2.05, 4.69) is 15.0 Å². The lowest BCUT2D eigenvalue weighted by atomic mass is 9.99. The molecule has 0 aliphatic carbocycles. The summed E-state index contributed by atoms with van der Waals surface area (Å²) in [6, 6.07) is 11.9. The van der Waals surface area contributed by atoms with Gasteiger partial charge in [0.1, 0.15) is 11.4 Å². The van der Waals surface area contributed by atoms with Crippen LogP contribution >= 0.6 is 11.3 Å². The van der Waals surface area contributed by atoms with Crippen molar-refractivity contribution in [3.63, 3.8) is 0 Å². The number of alkyl halides is 6. The summed E-state index contributed by atoms with van der Waals surface area (Å²) in [7, 11) is -4.46. The molecule has 0 unspecified atom stereocenters. The maximum Gasteiger partial charge on any atom is 0.573 e. The van der Waals surface area contributed by atoms with E-state index in [1.807, 2.05) is 0 Å². The Labute approximate surface area is 223 Å². The fourth-order valence-corrected chi connectivity index (χ4v) is 6.46. The zero-order valence-corrected chi connectivity index (χ0v) is 21.6. The summed E-state index contributed by atoms with van der Waals surface area (Å²) in [6.45, 7) is -0.158. The first-order chi connectivity index (χ1) is 18.2.